The summed E-state index contributed by atoms with van der Waals surface area (Å²) in [6, 6.07) is 7.37. The Bertz CT molecular complexity index is 415. The van der Waals surface area contributed by atoms with Crippen LogP contribution in [0.4, 0.5) is 5.82 Å². The molecule has 0 spiro atoms. The van der Waals surface area contributed by atoms with Crippen molar-refractivity contribution in [2.45, 2.75) is 0 Å². The number of nitrogens with two attached hydrogens (primary N) is 1. The first-order valence-electron chi connectivity index (χ1n) is 4.10. The molecule has 2 aromatic rings. The Hall–Kier alpha value is -2.01. The van der Waals surface area contributed by atoms with Gasteiger partial charge in [0.05, 0.1) is 11.4 Å². The summed E-state index contributed by atoms with van der Waals surface area (Å²) < 4.78 is 0. The van der Waals surface area contributed by atoms with Gasteiger partial charge in [-0.25, -0.2) is 15.8 Å². The number of nitrogens with one attached hydrogen (secondary N) is 1. The number of hydrogen-bond acceptors (Lipinski definition) is 5. The molecule has 0 saturated heterocycles. The highest BCUT2D eigenvalue weighted by molar-refractivity contribution is 5.57. The van der Waals surface area contributed by atoms with Gasteiger partial charge in [-0.05, 0) is 12.1 Å². The topological polar surface area (TPSA) is 76.7 Å². The molecule has 2 aromatic heterocycles. The van der Waals surface area contributed by atoms with E-state index in [2.05, 4.69) is 20.4 Å². The molecule has 0 aliphatic heterocycles. The summed E-state index contributed by atoms with van der Waals surface area (Å²) in [5, 5.41) is 0. The Kier molecular flexibility index (Phi) is 2.33. The van der Waals surface area contributed by atoms with Gasteiger partial charge in [0.15, 0.2) is 0 Å². The minimum absolute atomic E-state index is 0.570. The molecule has 70 valence electrons. The Morgan fingerprint density at radius 2 is 2.00 bits per heavy atom. The van der Waals surface area contributed by atoms with E-state index in [1.54, 1.807) is 12.3 Å². The van der Waals surface area contributed by atoms with E-state index >= 15 is 0 Å². The monoisotopic (exact) mass is 187 g/mol. The molecule has 0 bridgehead atoms. The van der Waals surface area contributed by atoms with Gasteiger partial charge in [-0.1, -0.05) is 6.07 Å². The highest BCUT2D eigenvalue weighted by atomic mass is 15.3. The van der Waals surface area contributed by atoms with Crippen LogP contribution in [0.25, 0.3) is 11.4 Å². The van der Waals surface area contributed by atoms with Gasteiger partial charge in [0.2, 0.25) is 0 Å². The number of aromatic nitrogens is 3. The van der Waals surface area contributed by atoms with E-state index in [0.29, 0.717) is 5.82 Å². The molecule has 2 rings (SSSR count). The Morgan fingerprint density at radius 3 is 2.71 bits per heavy atom. The Balaban J connectivity index is 2.42. The zero-order chi connectivity index (χ0) is 9.80. The summed E-state index contributed by atoms with van der Waals surface area (Å²) in [5.74, 6) is 5.81. The number of rotatable bonds is 2. The van der Waals surface area contributed by atoms with Crippen molar-refractivity contribution in [3.63, 3.8) is 0 Å². The third kappa shape index (κ3) is 1.67. The van der Waals surface area contributed by atoms with Crippen LogP contribution in [0.2, 0.25) is 0 Å². The van der Waals surface area contributed by atoms with Crippen molar-refractivity contribution in [2.75, 3.05) is 5.43 Å². The van der Waals surface area contributed by atoms with Gasteiger partial charge < -0.3 is 5.43 Å². The van der Waals surface area contributed by atoms with Crippen LogP contribution in [0.3, 0.4) is 0 Å². The van der Waals surface area contributed by atoms with Crippen molar-refractivity contribution < 1.29 is 0 Å². The predicted molar refractivity (Wildman–Crippen MR) is 53.1 cm³/mol. The van der Waals surface area contributed by atoms with Gasteiger partial charge in [-0.15, -0.1) is 0 Å². The van der Waals surface area contributed by atoms with Crippen LogP contribution >= 0.6 is 0 Å². The maximum absolute atomic E-state index is 5.24. The molecule has 0 fully saturated rings. The van der Waals surface area contributed by atoms with E-state index in [0.717, 1.165) is 11.4 Å². The molecular weight excluding hydrogens is 178 g/mol. The number of hydrogen-bond donors (Lipinski definition) is 2. The molecule has 3 N–H and O–H groups in total. The van der Waals surface area contributed by atoms with Crippen LogP contribution in [0.5, 0.6) is 0 Å². The highest BCUT2D eigenvalue weighted by Gasteiger charge is 2.00. The van der Waals surface area contributed by atoms with Gasteiger partial charge in [0, 0.05) is 12.3 Å². The quantitative estimate of drug-likeness (QED) is 0.537. The van der Waals surface area contributed by atoms with E-state index in [-0.39, 0.29) is 0 Å². The first-order valence-corrected chi connectivity index (χ1v) is 4.10. The van der Waals surface area contributed by atoms with E-state index in [4.69, 9.17) is 5.84 Å². The third-order valence-electron chi connectivity index (χ3n) is 1.74. The Morgan fingerprint density at radius 1 is 1.07 bits per heavy atom. The molecule has 0 saturated carbocycles. The normalized spacial score (nSPS) is 9.79. The number of nitrogen functional groups attached to an aromatic ring is 1. The van der Waals surface area contributed by atoms with E-state index in [1.165, 1.54) is 6.33 Å². The maximum Gasteiger partial charge on any atom is 0.143 e. The first-order chi connectivity index (χ1) is 6.90. The van der Waals surface area contributed by atoms with Crippen molar-refractivity contribution in [2.24, 2.45) is 5.84 Å². The minimum atomic E-state index is 0.570. The Labute approximate surface area is 81.0 Å². The van der Waals surface area contributed by atoms with Crippen LogP contribution in [-0.4, -0.2) is 15.0 Å². The second kappa shape index (κ2) is 3.80. The second-order valence-corrected chi connectivity index (χ2v) is 2.65. The molecule has 5 nitrogen and oxygen atoms in total. The summed E-state index contributed by atoms with van der Waals surface area (Å²) >= 11 is 0. The van der Waals surface area contributed by atoms with Gasteiger partial charge in [0.1, 0.15) is 12.1 Å². The number of hydrazine groups is 1. The molecule has 0 atom stereocenters. The van der Waals surface area contributed by atoms with Crippen molar-refractivity contribution >= 4 is 5.82 Å². The molecule has 2 heterocycles. The average Bonchev–Trinajstić information content (AvgIpc) is 2.30. The predicted octanol–water partition coefficient (Wildman–Crippen LogP) is 0.824. The minimum Gasteiger partial charge on any atom is -0.308 e. The fraction of sp³-hybridized carbons (Fsp3) is 0. The lowest BCUT2D eigenvalue weighted by molar-refractivity contribution is 1.13. The van der Waals surface area contributed by atoms with Crippen molar-refractivity contribution in [1.29, 1.82) is 0 Å². The van der Waals surface area contributed by atoms with Gasteiger partial charge in [0.25, 0.3) is 0 Å². The van der Waals surface area contributed by atoms with E-state index < -0.39 is 0 Å². The molecule has 5 heteroatoms. The van der Waals surface area contributed by atoms with Crippen LogP contribution in [0.1, 0.15) is 0 Å². The maximum atomic E-state index is 5.24. The zero-order valence-electron chi connectivity index (χ0n) is 7.38. The van der Waals surface area contributed by atoms with Crippen molar-refractivity contribution in [3.8, 4) is 11.4 Å². The molecule has 0 aliphatic carbocycles. The van der Waals surface area contributed by atoms with Crippen LogP contribution in [0, 0.1) is 0 Å². The molecule has 0 radical (unpaired) electrons. The fourth-order valence-electron chi connectivity index (χ4n) is 1.09. The lowest BCUT2D eigenvalue weighted by atomic mass is 10.2. The standard InChI is InChI=1S/C9H9N5/c10-14-9-5-8(12-6-13-9)7-3-1-2-4-11-7/h1-6H,10H2,(H,12,13,14). The van der Waals surface area contributed by atoms with Gasteiger partial charge >= 0.3 is 0 Å². The zero-order valence-corrected chi connectivity index (χ0v) is 7.38. The second-order valence-electron chi connectivity index (χ2n) is 2.65. The lowest BCUT2D eigenvalue weighted by Gasteiger charge is -2.01. The molecular formula is C9H9N5. The van der Waals surface area contributed by atoms with Gasteiger partial charge in [-0.2, -0.15) is 0 Å². The summed E-state index contributed by atoms with van der Waals surface area (Å²) in [5.41, 5.74) is 4.00. The molecule has 0 aliphatic rings. The smallest absolute Gasteiger partial charge is 0.143 e. The molecule has 0 unspecified atom stereocenters. The summed E-state index contributed by atoms with van der Waals surface area (Å²) in [6.45, 7) is 0. The average molecular weight is 187 g/mol. The first kappa shape index (κ1) is 8.58. The highest BCUT2D eigenvalue weighted by Crippen LogP contribution is 2.14. The lowest BCUT2D eigenvalue weighted by Crippen LogP contribution is -2.08. The summed E-state index contributed by atoms with van der Waals surface area (Å²) in [4.78, 5) is 12.2. The third-order valence-corrected chi connectivity index (χ3v) is 1.74. The van der Waals surface area contributed by atoms with Gasteiger partial charge in [-0.3, -0.25) is 4.98 Å². The van der Waals surface area contributed by atoms with Crippen LogP contribution in [-0.2, 0) is 0 Å². The number of nitrogens with zero attached hydrogens (tertiary/aromatic N) is 3. The van der Waals surface area contributed by atoms with E-state index in [1.807, 2.05) is 18.2 Å². The molecule has 0 aromatic carbocycles. The summed E-state index contributed by atoms with van der Waals surface area (Å²) in [6.07, 6.45) is 3.16. The largest absolute Gasteiger partial charge is 0.308 e. The molecule has 0 amide bonds. The fourth-order valence-corrected chi connectivity index (χ4v) is 1.09. The van der Waals surface area contributed by atoms with Crippen molar-refractivity contribution in [3.05, 3.63) is 36.8 Å². The van der Waals surface area contributed by atoms with Crippen molar-refractivity contribution in [1.82, 2.24) is 15.0 Å². The SMILES string of the molecule is NNc1cc(-c2ccccn2)ncn1. The summed E-state index contributed by atoms with van der Waals surface area (Å²) in [7, 11) is 0. The molecule has 14 heavy (non-hydrogen) atoms. The van der Waals surface area contributed by atoms with Crippen LogP contribution < -0.4 is 11.3 Å². The number of anilines is 1. The van der Waals surface area contributed by atoms with Crippen LogP contribution in [0.15, 0.2) is 36.8 Å². The van der Waals surface area contributed by atoms with E-state index in [9.17, 15) is 0 Å². The number of pyridine rings is 1.